The van der Waals surface area contributed by atoms with Crippen LogP contribution >= 0.6 is 11.3 Å². The lowest BCUT2D eigenvalue weighted by molar-refractivity contribution is -0.145. The number of rotatable bonds is 12. The number of allylic oxidation sites excluding steroid dienone is 1. The summed E-state index contributed by atoms with van der Waals surface area (Å²) in [5.41, 5.74) is 0.261. The maximum absolute atomic E-state index is 15.0. The average molecular weight is 936 g/mol. The first kappa shape index (κ1) is 46.5. The number of nitrogens with zero attached hydrogens (tertiary/aromatic N) is 5. The molecule has 2 aliphatic carbocycles. The van der Waals surface area contributed by atoms with E-state index in [4.69, 9.17) is 19.4 Å². The third-order valence-corrected chi connectivity index (χ3v) is 16.1. The van der Waals surface area contributed by atoms with Crippen molar-refractivity contribution in [2.45, 2.75) is 120 Å². The second kappa shape index (κ2) is 19.4. The van der Waals surface area contributed by atoms with E-state index in [9.17, 15) is 32.7 Å². The molecule has 0 spiro atoms. The van der Waals surface area contributed by atoms with Gasteiger partial charge in [0, 0.05) is 74.0 Å². The third-order valence-electron chi connectivity index (χ3n) is 13.4. The van der Waals surface area contributed by atoms with Gasteiger partial charge in [0.1, 0.15) is 40.9 Å². The predicted octanol–water partition coefficient (Wildman–Crippen LogP) is 4.73. The standard InChI is InChI=1S/C45H61N9O9S2/c1-27(2)46-44-50-37(26-64-44)35-22-39(32-17-16-30(62-4)20-34(32)47-35)63-31-21-38-40(55)51-45(42(57)58)23-29(45)14-8-6-5-7-9-15-33(41(56)54(38)24-31)48-43(59)49-36(28-12-10-13-28)25-53-19-11-18-52(3)65(53,60)61/h8,14,16-17,20,22,26-29,31,33,36,38H,5-7,9-13,15,18-19,21,23-25H2,1-4H3,(H,46,50)(H,51,55)(H,57,58)(H2,48,49,59)/b14-8-/t29?,31-,33+,36?,38+,45-/m1/s1. The van der Waals surface area contributed by atoms with E-state index in [0.717, 1.165) is 37.2 Å². The largest absolute Gasteiger partial charge is 0.497 e. The summed E-state index contributed by atoms with van der Waals surface area (Å²) in [7, 11) is -0.551. The number of carbonyl (C=O) groups is 4. The quantitative estimate of drug-likeness (QED) is 0.156. The number of pyridine rings is 1. The van der Waals surface area contributed by atoms with E-state index in [1.165, 1.54) is 24.8 Å². The molecule has 4 amide bonds. The molecule has 1 aromatic carbocycles. The molecule has 0 bridgehead atoms. The Morgan fingerprint density at radius 1 is 1.05 bits per heavy atom. The number of nitrogens with one attached hydrogen (secondary N) is 4. The number of ether oxygens (including phenoxy) is 2. The van der Waals surface area contributed by atoms with Crippen molar-refractivity contribution >= 4 is 61.4 Å². The number of fused-ring (bicyclic) bond motifs is 3. The number of benzene rings is 1. The lowest BCUT2D eigenvalue weighted by Crippen LogP contribution is -2.60. The van der Waals surface area contributed by atoms with Crippen LogP contribution in [0.1, 0.15) is 84.5 Å². The van der Waals surface area contributed by atoms with Crippen molar-refractivity contribution in [1.29, 1.82) is 0 Å². The van der Waals surface area contributed by atoms with Crippen LogP contribution in [0.5, 0.6) is 11.5 Å². The van der Waals surface area contributed by atoms with Crippen LogP contribution in [0.25, 0.3) is 22.3 Å². The van der Waals surface area contributed by atoms with Gasteiger partial charge >= 0.3 is 12.0 Å². The fourth-order valence-corrected chi connectivity index (χ4v) is 11.7. The van der Waals surface area contributed by atoms with Crippen molar-refractivity contribution in [3.8, 4) is 22.9 Å². The summed E-state index contributed by atoms with van der Waals surface area (Å²) in [6.45, 7) is 4.93. The molecule has 4 fully saturated rings. The number of methoxy groups -OCH3 is 1. The number of anilines is 1. The van der Waals surface area contributed by atoms with Crippen LogP contribution < -0.4 is 30.7 Å². The first-order valence-corrected chi connectivity index (χ1v) is 25.1. The van der Waals surface area contributed by atoms with Crippen molar-refractivity contribution in [3.63, 3.8) is 0 Å². The molecular weight excluding hydrogens is 875 g/mol. The highest BCUT2D eigenvalue weighted by Crippen LogP contribution is 2.46. The summed E-state index contributed by atoms with van der Waals surface area (Å²) in [6, 6.07) is 4.17. The highest BCUT2D eigenvalue weighted by Gasteiger charge is 2.61. The highest BCUT2D eigenvalue weighted by atomic mass is 32.2. The van der Waals surface area contributed by atoms with Gasteiger partial charge in [-0.05, 0) is 76.8 Å². The Balaban J connectivity index is 1.08. The topological polar surface area (TPSA) is 225 Å². The Hall–Kier alpha value is -5.05. The summed E-state index contributed by atoms with van der Waals surface area (Å²) >= 11 is 1.45. The Labute approximate surface area is 384 Å². The van der Waals surface area contributed by atoms with Crippen molar-refractivity contribution in [2.75, 3.05) is 45.7 Å². The number of carboxylic acid groups (broad SMARTS) is 1. The number of carbonyl (C=O) groups excluding carboxylic acids is 3. The second-order valence-corrected chi connectivity index (χ2v) is 21.3. The Morgan fingerprint density at radius 3 is 2.60 bits per heavy atom. The monoisotopic (exact) mass is 935 g/mol. The van der Waals surface area contributed by atoms with Crippen LogP contribution in [0, 0.1) is 11.8 Å². The molecule has 65 heavy (non-hydrogen) atoms. The third kappa shape index (κ3) is 10.2. The van der Waals surface area contributed by atoms with Gasteiger partial charge in [-0.2, -0.15) is 17.0 Å². The van der Waals surface area contributed by atoms with Crippen LogP contribution in [0.4, 0.5) is 9.93 Å². The Bertz CT molecular complexity index is 2410. The first-order valence-electron chi connectivity index (χ1n) is 22.8. The molecule has 2 aromatic heterocycles. The van der Waals surface area contributed by atoms with Crippen LogP contribution in [-0.2, 0) is 24.6 Å². The van der Waals surface area contributed by atoms with Gasteiger partial charge in [0.2, 0.25) is 11.8 Å². The average Bonchev–Trinajstić information content (AvgIpc) is 3.51. The molecule has 3 aromatic rings. The minimum absolute atomic E-state index is 0.0282. The molecular formula is C45H61N9O9S2. The van der Waals surface area contributed by atoms with Gasteiger partial charge in [0.05, 0.1) is 24.9 Å². The van der Waals surface area contributed by atoms with Crippen molar-refractivity contribution < 1.29 is 42.2 Å². The maximum atomic E-state index is 15.0. The zero-order valence-electron chi connectivity index (χ0n) is 37.5. The van der Waals surface area contributed by atoms with Gasteiger partial charge in [0.25, 0.3) is 10.2 Å². The smallest absolute Gasteiger partial charge is 0.330 e. The van der Waals surface area contributed by atoms with Crippen LogP contribution in [-0.4, -0.2) is 137 Å². The van der Waals surface area contributed by atoms with Crippen molar-refractivity contribution in [2.24, 2.45) is 11.8 Å². The molecule has 5 aliphatic rings. The molecule has 3 aliphatic heterocycles. The lowest BCUT2D eigenvalue weighted by Gasteiger charge is -2.40. The second-order valence-electron chi connectivity index (χ2n) is 18.4. The summed E-state index contributed by atoms with van der Waals surface area (Å²) in [6.07, 6.45) is 9.84. The number of hydrogen-bond donors (Lipinski definition) is 5. The van der Waals surface area contributed by atoms with E-state index in [0.29, 0.717) is 66.1 Å². The molecule has 0 radical (unpaired) electrons. The molecule has 5 heterocycles. The van der Waals surface area contributed by atoms with Crippen molar-refractivity contribution in [1.82, 2.24) is 39.4 Å². The summed E-state index contributed by atoms with van der Waals surface area (Å²) in [5, 5.41) is 25.8. The van der Waals surface area contributed by atoms with Gasteiger partial charge in [0.15, 0.2) is 5.13 Å². The number of hydrogen-bond acceptors (Lipinski definition) is 12. The number of aromatic nitrogens is 2. The van der Waals surface area contributed by atoms with E-state index in [1.807, 2.05) is 37.4 Å². The Kier molecular flexibility index (Phi) is 13.9. The number of urea groups is 1. The van der Waals surface area contributed by atoms with E-state index in [2.05, 4.69) is 21.3 Å². The Morgan fingerprint density at radius 2 is 1.86 bits per heavy atom. The molecule has 2 saturated heterocycles. The lowest BCUT2D eigenvalue weighted by atomic mass is 9.79. The molecule has 352 valence electrons. The highest BCUT2D eigenvalue weighted by molar-refractivity contribution is 7.86. The number of thiazole rings is 1. The SMILES string of the molecule is COc1ccc2c(O[C@@H]3C[C@H]4C(=O)N[C@]5(C(=O)O)CC5/C=C\CCCCC[C@H](NC(=O)NC(CN5CCCN(C)S5(=O)=O)C5CCC5)C(=O)N4C3)cc(-c3csc(NC(C)C)n3)nc2c1. The molecule has 18 nitrogen and oxygen atoms in total. The number of aliphatic carboxylic acids is 1. The summed E-state index contributed by atoms with van der Waals surface area (Å²) in [4.78, 5) is 67.3. The molecule has 2 unspecified atom stereocenters. The summed E-state index contributed by atoms with van der Waals surface area (Å²) < 4.78 is 41.5. The fraction of sp³-hybridized carbons (Fsp3) is 0.600. The molecule has 2 saturated carbocycles. The van der Waals surface area contributed by atoms with E-state index in [1.54, 1.807) is 32.4 Å². The zero-order valence-corrected chi connectivity index (χ0v) is 39.1. The normalized spacial score (nSPS) is 27.6. The molecule has 5 N–H and O–H groups in total. The van der Waals surface area contributed by atoms with Crippen molar-refractivity contribution in [3.05, 3.63) is 41.8 Å². The predicted molar refractivity (Wildman–Crippen MR) is 246 cm³/mol. The van der Waals surface area contributed by atoms with Crippen LogP contribution in [0.2, 0.25) is 0 Å². The van der Waals surface area contributed by atoms with Crippen LogP contribution in [0.3, 0.4) is 0 Å². The number of amides is 4. The van der Waals surface area contributed by atoms with E-state index in [-0.39, 0.29) is 44.3 Å². The number of carboxylic acids is 1. The fourth-order valence-electron chi connectivity index (χ4n) is 9.39. The van der Waals surface area contributed by atoms with Gasteiger partial charge in [-0.25, -0.2) is 19.6 Å². The van der Waals surface area contributed by atoms with Gasteiger partial charge < -0.3 is 40.7 Å². The first-order chi connectivity index (χ1) is 31.1. The maximum Gasteiger partial charge on any atom is 0.330 e. The van der Waals surface area contributed by atoms with Gasteiger partial charge in [-0.3, -0.25) is 9.59 Å². The van der Waals surface area contributed by atoms with Crippen LogP contribution in [0.15, 0.2) is 41.8 Å². The minimum Gasteiger partial charge on any atom is -0.497 e. The molecule has 20 heteroatoms. The van der Waals surface area contributed by atoms with Gasteiger partial charge in [-0.1, -0.05) is 31.4 Å². The summed E-state index contributed by atoms with van der Waals surface area (Å²) in [5.74, 6) is -1.52. The van der Waals surface area contributed by atoms with E-state index < -0.39 is 69.7 Å². The molecule has 8 rings (SSSR count). The zero-order chi connectivity index (χ0) is 46.0. The molecule has 6 atom stereocenters. The minimum atomic E-state index is -3.68. The van der Waals surface area contributed by atoms with E-state index >= 15 is 0 Å². The van der Waals surface area contributed by atoms with Gasteiger partial charge in [-0.15, -0.1) is 11.3 Å².